The minimum atomic E-state index is 0.639. The van der Waals surface area contributed by atoms with Crippen molar-refractivity contribution in [3.05, 3.63) is 66.6 Å². The van der Waals surface area contributed by atoms with Crippen LogP contribution in [-0.4, -0.2) is 65.4 Å². The van der Waals surface area contributed by atoms with Gasteiger partial charge in [-0.3, -0.25) is 9.36 Å². The molecule has 0 unspecified atom stereocenters. The summed E-state index contributed by atoms with van der Waals surface area (Å²) in [5.41, 5.74) is 6.56. The first kappa shape index (κ1) is 20.5. The molecule has 0 spiro atoms. The molecule has 6 rings (SSSR count). The molecule has 172 valence electrons. The average molecular weight is 456 g/mol. The fraction of sp³-hybridized carbons (Fsp3) is 0.292. The molecule has 5 aromatic rings. The smallest absolute Gasteiger partial charge is 0.174 e. The van der Waals surface area contributed by atoms with E-state index in [1.54, 1.807) is 15.6 Å². The van der Waals surface area contributed by atoms with Gasteiger partial charge in [0.05, 0.1) is 37.5 Å². The lowest BCUT2D eigenvalue weighted by Crippen LogP contribution is -2.36. The number of aryl methyl sites for hydroxylation is 2. The maximum Gasteiger partial charge on any atom is 0.174 e. The van der Waals surface area contributed by atoms with Crippen LogP contribution in [0.4, 0.5) is 5.69 Å². The first-order valence-corrected chi connectivity index (χ1v) is 11.3. The molecule has 34 heavy (non-hydrogen) atoms. The van der Waals surface area contributed by atoms with Crippen LogP contribution in [-0.2, 0) is 25.3 Å². The molecule has 0 aliphatic carbocycles. The Morgan fingerprint density at radius 1 is 0.882 bits per heavy atom. The number of rotatable bonds is 5. The van der Waals surface area contributed by atoms with Gasteiger partial charge in [0.25, 0.3) is 0 Å². The number of ether oxygens (including phenoxy) is 1. The van der Waals surface area contributed by atoms with E-state index in [4.69, 9.17) is 19.8 Å². The van der Waals surface area contributed by atoms with Crippen molar-refractivity contribution in [3.8, 4) is 22.5 Å². The zero-order valence-corrected chi connectivity index (χ0v) is 19.2. The number of aromatic nitrogens is 8. The number of fused-ring (bicyclic) bond motifs is 1. The minimum Gasteiger partial charge on any atom is -0.378 e. The van der Waals surface area contributed by atoms with Gasteiger partial charge in [0.15, 0.2) is 11.5 Å². The Hall–Kier alpha value is -4.05. The van der Waals surface area contributed by atoms with Crippen LogP contribution in [0.15, 0.2) is 55.2 Å². The van der Waals surface area contributed by atoms with Crippen LogP contribution in [0.2, 0.25) is 0 Å². The van der Waals surface area contributed by atoms with Crippen LogP contribution >= 0.6 is 0 Å². The Morgan fingerprint density at radius 2 is 1.59 bits per heavy atom. The second-order valence-electron chi connectivity index (χ2n) is 8.50. The summed E-state index contributed by atoms with van der Waals surface area (Å²) in [5, 5.41) is 13.5. The summed E-state index contributed by atoms with van der Waals surface area (Å²) < 4.78 is 10.9. The number of morpholine rings is 1. The molecule has 1 aliphatic rings. The highest BCUT2D eigenvalue weighted by molar-refractivity contribution is 5.78. The Bertz CT molecular complexity index is 1440. The van der Waals surface area contributed by atoms with Crippen molar-refractivity contribution in [2.45, 2.75) is 6.42 Å². The van der Waals surface area contributed by atoms with Crippen LogP contribution in [0.3, 0.4) is 0 Å². The molecule has 5 heterocycles. The van der Waals surface area contributed by atoms with E-state index in [-0.39, 0.29) is 0 Å². The summed E-state index contributed by atoms with van der Waals surface area (Å²) in [7, 11) is 3.79. The third kappa shape index (κ3) is 3.81. The van der Waals surface area contributed by atoms with Gasteiger partial charge in [-0.05, 0) is 17.7 Å². The lowest BCUT2D eigenvalue weighted by atomic mass is 10.1. The van der Waals surface area contributed by atoms with Gasteiger partial charge in [0.1, 0.15) is 5.69 Å². The lowest BCUT2D eigenvalue weighted by Gasteiger charge is -2.28. The summed E-state index contributed by atoms with van der Waals surface area (Å²) in [6.07, 6.45) is 9.94. The predicted octanol–water partition coefficient (Wildman–Crippen LogP) is 2.35. The van der Waals surface area contributed by atoms with E-state index in [1.807, 2.05) is 43.4 Å². The van der Waals surface area contributed by atoms with E-state index in [1.165, 1.54) is 5.69 Å². The topological polar surface area (TPSA) is 91.2 Å². The van der Waals surface area contributed by atoms with Crippen molar-refractivity contribution in [2.75, 3.05) is 31.2 Å². The summed E-state index contributed by atoms with van der Waals surface area (Å²) in [6, 6.07) is 8.63. The standard InChI is InChI=1S/C24H25N9O/c1-30-15-18(12-26-30)23-24(19-13-27-31(2)16-19)33-22(14-25-23)28-21(29-33)11-17-3-5-20(6-4-17)32-7-9-34-10-8-32/h3-6,12-16H,7-11H2,1-2H3. The van der Waals surface area contributed by atoms with Gasteiger partial charge in [-0.25, -0.2) is 14.5 Å². The van der Waals surface area contributed by atoms with Gasteiger partial charge in [0, 0.05) is 62.8 Å². The van der Waals surface area contributed by atoms with Gasteiger partial charge in [0.2, 0.25) is 0 Å². The van der Waals surface area contributed by atoms with Crippen LogP contribution in [0.5, 0.6) is 0 Å². The van der Waals surface area contributed by atoms with E-state index in [0.717, 1.165) is 60.2 Å². The van der Waals surface area contributed by atoms with Crippen molar-refractivity contribution < 1.29 is 4.74 Å². The van der Waals surface area contributed by atoms with E-state index in [9.17, 15) is 0 Å². The molecule has 1 fully saturated rings. The number of hydrogen-bond donors (Lipinski definition) is 0. The zero-order valence-electron chi connectivity index (χ0n) is 19.2. The Labute approximate surface area is 196 Å². The normalized spacial score (nSPS) is 14.2. The first-order chi connectivity index (χ1) is 16.6. The number of anilines is 1. The fourth-order valence-electron chi connectivity index (χ4n) is 4.36. The van der Waals surface area contributed by atoms with E-state index in [2.05, 4.69) is 39.4 Å². The molecule has 0 atom stereocenters. The van der Waals surface area contributed by atoms with Crippen LogP contribution in [0.25, 0.3) is 28.2 Å². The van der Waals surface area contributed by atoms with Crippen LogP contribution < -0.4 is 4.90 Å². The first-order valence-electron chi connectivity index (χ1n) is 11.3. The molecule has 0 saturated carbocycles. The fourth-order valence-corrected chi connectivity index (χ4v) is 4.36. The van der Waals surface area contributed by atoms with Crippen molar-refractivity contribution in [1.82, 2.24) is 39.1 Å². The second kappa shape index (κ2) is 8.38. The summed E-state index contributed by atoms with van der Waals surface area (Å²) >= 11 is 0. The van der Waals surface area contributed by atoms with E-state index in [0.29, 0.717) is 12.1 Å². The summed E-state index contributed by atoms with van der Waals surface area (Å²) in [4.78, 5) is 11.8. The number of benzene rings is 1. The number of nitrogens with zero attached hydrogens (tertiary/aromatic N) is 9. The van der Waals surface area contributed by atoms with Crippen molar-refractivity contribution in [1.29, 1.82) is 0 Å². The SMILES string of the molecule is Cn1cc(-c2ncc3nc(Cc4ccc(N5CCOCC5)cc4)nn3c2-c2cnn(C)c2)cn1. The third-order valence-corrected chi connectivity index (χ3v) is 6.05. The van der Waals surface area contributed by atoms with E-state index < -0.39 is 0 Å². The van der Waals surface area contributed by atoms with Crippen molar-refractivity contribution >= 4 is 11.3 Å². The summed E-state index contributed by atoms with van der Waals surface area (Å²) in [6.45, 7) is 3.41. The molecule has 0 amide bonds. The highest BCUT2D eigenvalue weighted by Gasteiger charge is 2.19. The molecule has 1 aliphatic heterocycles. The van der Waals surface area contributed by atoms with Gasteiger partial charge in [-0.2, -0.15) is 15.3 Å². The largest absolute Gasteiger partial charge is 0.378 e. The highest BCUT2D eigenvalue weighted by Crippen LogP contribution is 2.30. The molecule has 1 aromatic carbocycles. The lowest BCUT2D eigenvalue weighted by molar-refractivity contribution is 0.122. The quantitative estimate of drug-likeness (QED) is 0.402. The molecular formula is C24H25N9O. The molecule has 0 N–H and O–H groups in total. The maximum absolute atomic E-state index is 5.46. The predicted molar refractivity (Wildman–Crippen MR) is 127 cm³/mol. The average Bonchev–Trinajstić information content (AvgIpc) is 3.59. The van der Waals surface area contributed by atoms with Crippen LogP contribution in [0.1, 0.15) is 11.4 Å². The van der Waals surface area contributed by atoms with Gasteiger partial charge in [-0.15, -0.1) is 0 Å². The van der Waals surface area contributed by atoms with Crippen molar-refractivity contribution in [2.24, 2.45) is 14.1 Å². The second-order valence-corrected chi connectivity index (χ2v) is 8.50. The van der Waals surface area contributed by atoms with E-state index >= 15 is 0 Å². The van der Waals surface area contributed by atoms with Gasteiger partial charge < -0.3 is 9.64 Å². The summed E-state index contributed by atoms with van der Waals surface area (Å²) in [5.74, 6) is 0.745. The van der Waals surface area contributed by atoms with Gasteiger partial charge >= 0.3 is 0 Å². The molecule has 0 radical (unpaired) electrons. The molecule has 10 nitrogen and oxygen atoms in total. The monoisotopic (exact) mass is 455 g/mol. The highest BCUT2D eigenvalue weighted by atomic mass is 16.5. The Morgan fingerprint density at radius 3 is 2.26 bits per heavy atom. The van der Waals surface area contributed by atoms with Crippen molar-refractivity contribution in [3.63, 3.8) is 0 Å². The molecule has 10 heteroatoms. The van der Waals surface area contributed by atoms with Crippen LogP contribution in [0, 0.1) is 0 Å². The molecule has 0 bridgehead atoms. The minimum absolute atomic E-state index is 0.639. The maximum atomic E-state index is 5.46. The molecule has 4 aromatic heterocycles. The third-order valence-electron chi connectivity index (χ3n) is 6.05. The Balaban J connectivity index is 1.36. The molecule has 1 saturated heterocycles. The Kier molecular flexibility index (Phi) is 5.06. The van der Waals surface area contributed by atoms with Gasteiger partial charge in [-0.1, -0.05) is 12.1 Å². The molecular weight excluding hydrogens is 430 g/mol. The zero-order chi connectivity index (χ0) is 23.1. The number of hydrogen-bond acceptors (Lipinski definition) is 7.